The second kappa shape index (κ2) is 8.29. The van der Waals surface area contributed by atoms with Crippen LogP contribution in [0.5, 0.6) is 5.75 Å². The Hall–Kier alpha value is -3.79. The molecule has 9 nitrogen and oxygen atoms in total. The van der Waals surface area contributed by atoms with E-state index in [9.17, 15) is 10.1 Å². The lowest BCUT2D eigenvalue weighted by Crippen LogP contribution is -2.19. The van der Waals surface area contributed by atoms with Crippen molar-refractivity contribution in [2.75, 3.05) is 23.9 Å². The summed E-state index contributed by atoms with van der Waals surface area (Å²) in [4.78, 5) is 26.1. The van der Waals surface area contributed by atoms with Gasteiger partial charge in [0, 0.05) is 12.2 Å². The minimum absolute atomic E-state index is 0.0883. The first-order valence-corrected chi connectivity index (χ1v) is 9.96. The van der Waals surface area contributed by atoms with E-state index in [0.29, 0.717) is 11.7 Å². The van der Waals surface area contributed by atoms with Gasteiger partial charge in [-0.2, -0.15) is 0 Å². The highest BCUT2D eigenvalue weighted by Gasteiger charge is 2.28. The zero-order valence-corrected chi connectivity index (χ0v) is 17.1. The van der Waals surface area contributed by atoms with Crippen LogP contribution < -0.4 is 15.0 Å². The fourth-order valence-electron chi connectivity index (χ4n) is 3.08. The van der Waals surface area contributed by atoms with Crippen LogP contribution in [-0.4, -0.2) is 33.5 Å². The van der Waals surface area contributed by atoms with Crippen molar-refractivity contribution in [1.29, 1.82) is 0 Å². The van der Waals surface area contributed by atoms with E-state index in [4.69, 9.17) is 4.74 Å². The molecular formula is C20H18N6O3S. The van der Waals surface area contributed by atoms with E-state index in [1.807, 2.05) is 55.5 Å². The normalized spacial score (nSPS) is 10.7. The third-order valence-corrected chi connectivity index (χ3v) is 5.38. The first-order valence-electron chi connectivity index (χ1n) is 9.14. The Labute approximate surface area is 176 Å². The fourth-order valence-corrected chi connectivity index (χ4v) is 3.97. The molecule has 2 aromatic heterocycles. The van der Waals surface area contributed by atoms with Crippen LogP contribution in [0.25, 0.3) is 10.2 Å². The van der Waals surface area contributed by atoms with Gasteiger partial charge in [0.25, 0.3) is 0 Å². The molecule has 0 bridgehead atoms. The van der Waals surface area contributed by atoms with Gasteiger partial charge in [0.2, 0.25) is 11.6 Å². The quantitative estimate of drug-likeness (QED) is 0.331. The lowest BCUT2D eigenvalue weighted by molar-refractivity contribution is -0.383. The topological polar surface area (TPSA) is 106 Å². The molecule has 0 atom stereocenters. The van der Waals surface area contributed by atoms with Crippen molar-refractivity contribution in [3.05, 3.63) is 65.0 Å². The molecule has 2 heterocycles. The molecule has 0 aliphatic heterocycles. The molecule has 0 spiro atoms. The standard InChI is InChI=1S/C20H18N6O3S/c1-3-25(13-7-5-4-6-8-13)19-17(26(27)28)18(21-12-22-19)24-20-23-15-10-9-14(29-2)11-16(15)30-20/h4-12H,3H2,1-2H3,(H,21,22,23,24). The number of aromatic nitrogens is 3. The number of hydrogen-bond donors (Lipinski definition) is 1. The zero-order valence-electron chi connectivity index (χ0n) is 16.3. The maximum atomic E-state index is 12.0. The number of benzene rings is 2. The Bertz CT molecular complexity index is 1200. The predicted octanol–water partition coefficient (Wildman–Crippen LogP) is 4.90. The molecule has 30 heavy (non-hydrogen) atoms. The number of para-hydroxylation sites is 1. The Morgan fingerprint density at radius 3 is 2.70 bits per heavy atom. The van der Waals surface area contributed by atoms with Crippen LogP contribution in [-0.2, 0) is 0 Å². The highest BCUT2D eigenvalue weighted by Crippen LogP contribution is 2.38. The van der Waals surface area contributed by atoms with Crippen molar-refractivity contribution in [2.24, 2.45) is 0 Å². The van der Waals surface area contributed by atoms with Gasteiger partial charge in [-0.15, -0.1) is 0 Å². The maximum absolute atomic E-state index is 12.0. The van der Waals surface area contributed by atoms with Gasteiger partial charge in [0.05, 0.1) is 22.2 Å². The summed E-state index contributed by atoms with van der Waals surface area (Å²) in [7, 11) is 1.60. The summed E-state index contributed by atoms with van der Waals surface area (Å²) in [6.45, 7) is 2.41. The van der Waals surface area contributed by atoms with E-state index < -0.39 is 4.92 Å². The van der Waals surface area contributed by atoms with Crippen LogP contribution in [0.1, 0.15) is 6.92 Å². The van der Waals surface area contributed by atoms with Gasteiger partial charge in [-0.05, 0) is 37.3 Å². The van der Waals surface area contributed by atoms with Gasteiger partial charge < -0.3 is 15.0 Å². The van der Waals surface area contributed by atoms with E-state index in [1.54, 1.807) is 12.0 Å². The Balaban J connectivity index is 1.75. The monoisotopic (exact) mass is 422 g/mol. The van der Waals surface area contributed by atoms with Crippen LogP contribution in [0, 0.1) is 10.1 Å². The van der Waals surface area contributed by atoms with Crippen molar-refractivity contribution >= 4 is 49.7 Å². The van der Waals surface area contributed by atoms with Gasteiger partial charge in [-0.3, -0.25) is 10.1 Å². The predicted molar refractivity (Wildman–Crippen MR) is 117 cm³/mol. The summed E-state index contributed by atoms with van der Waals surface area (Å²) >= 11 is 1.36. The Morgan fingerprint density at radius 1 is 1.20 bits per heavy atom. The largest absolute Gasteiger partial charge is 0.497 e. The van der Waals surface area contributed by atoms with E-state index in [1.165, 1.54) is 17.7 Å². The second-order valence-corrected chi connectivity index (χ2v) is 7.24. The van der Waals surface area contributed by atoms with Crippen LogP contribution in [0.4, 0.5) is 28.1 Å². The van der Waals surface area contributed by atoms with Crippen LogP contribution >= 0.6 is 11.3 Å². The number of nitrogens with zero attached hydrogens (tertiary/aromatic N) is 5. The number of anilines is 4. The van der Waals surface area contributed by atoms with Crippen molar-refractivity contribution in [1.82, 2.24) is 15.0 Å². The average molecular weight is 422 g/mol. The third kappa shape index (κ3) is 3.72. The second-order valence-electron chi connectivity index (χ2n) is 6.21. The van der Waals surface area contributed by atoms with E-state index >= 15 is 0 Å². The van der Waals surface area contributed by atoms with Gasteiger partial charge >= 0.3 is 5.69 Å². The van der Waals surface area contributed by atoms with Gasteiger partial charge in [-0.1, -0.05) is 29.5 Å². The summed E-state index contributed by atoms with van der Waals surface area (Å²) in [5.41, 5.74) is 1.36. The van der Waals surface area contributed by atoms with Crippen molar-refractivity contribution in [2.45, 2.75) is 6.92 Å². The van der Waals surface area contributed by atoms with Crippen molar-refractivity contribution in [3.63, 3.8) is 0 Å². The number of methoxy groups -OCH3 is 1. The molecule has 10 heteroatoms. The summed E-state index contributed by atoms with van der Waals surface area (Å²) in [6.07, 6.45) is 1.31. The number of nitro groups is 1. The average Bonchev–Trinajstić information content (AvgIpc) is 3.16. The Kier molecular flexibility index (Phi) is 5.40. The molecule has 0 amide bonds. The minimum atomic E-state index is -0.473. The highest BCUT2D eigenvalue weighted by atomic mass is 32.1. The van der Waals surface area contributed by atoms with Crippen molar-refractivity contribution in [3.8, 4) is 5.75 Å². The molecule has 0 aliphatic rings. The van der Waals surface area contributed by atoms with Crippen LogP contribution in [0.2, 0.25) is 0 Å². The summed E-state index contributed by atoms with van der Waals surface area (Å²) in [5, 5.41) is 15.5. The number of rotatable bonds is 7. The molecule has 1 N–H and O–H groups in total. The number of fused-ring (bicyclic) bond motifs is 1. The number of nitrogens with one attached hydrogen (secondary N) is 1. The maximum Gasteiger partial charge on any atom is 0.354 e. The van der Waals surface area contributed by atoms with E-state index in [0.717, 1.165) is 21.7 Å². The number of hydrogen-bond acceptors (Lipinski definition) is 9. The van der Waals surface area contributed by atoms with E-state index in [-0.39, 0.29) is 17.3 Å². The minimum Gasteiger partial charge on any atom is -0.497 e. The Morgan fingerprint density at radius 2 is 2.00 bits per heavy atom. The SMILES string of the molecule is CCN(c1ccccc1)c1ncnc(Nc2nc3ccc(OC)cc3s2)c1[N+](=O)[O-]. The number of thiazole rings is 1. The molecule has 4 rings (SSSR count). The zero-order chi connectivity index (χ0) is 21.1. The summed E-state index contributed by atoms with van der Waals surface area (Å²) in [6, 6.07) is 14.9. The smallest absolute Gasteiger partial charge is 0.354 e. The van der Waals surface area contributed by atoms with Crippen molar-refractivity contribution < 1.29 is 9.66 Å². The van der Waals surface area contributed by atoms with Crippen LogP contribution in [0.15, 0.2) is 54.9 Å². The van der Waals surface area contributed by atoms with Crippen LogP contribution in [0.3, 0.4) is 0 Å². The first kappa shape index (κ1) is 19.5. The van der Waals surface area contributed by atoms with E-state index in [2.05, 4.69) is 20.3 Å². The third-order valence-electron chi connectivity index (χ3n) is 4.45. The lowest BCUT2D eigenvalue weighted by atomic mass is 10.2. The molecule has 4 aromatic rings. The summed E-state index contributed by atoms with van der Waals surface area (Å²) < 4.78 is 6.14. The lowest BCUT2D eigenvalue weighted by Gasteiger charge is -2.22. The molecular weight excluding hydrogens is 404 g/mol. The molecule has 0 radical (unpaired) electrons. The van der Waals surface area contributed by atoms with Gasteiger partial charge in [-0.25, -0.2) is 15.0 Å². The molecule has 2 aromatic carbocycles. The molecule has 152 valence electrons. The fraction of sp³-hybridized carbons (Fsp3) is 0.150. The molecule has 0 fully saturated rings. The number of ether oxygens (including phenoxy) is 1. The molecule has 0 saturated carbocycles. The summed E-state index contributed by atoms with van der Waals surface area (Å²) in [5.74, 6) is 1.02. The van der Waals surface area contributed by atoms with Gasteiger partial charge in [0.15, 0.2) is 5.13 Å². The first-order chi connectivity index (χ1) is 14.6. The van der Waals surface area contributed by atoms with Gasteiger partial charge in [0.1, 0.15) is 12.1 Å². The molecule has 0 aliphatic carbocycles. The highest BCUT2D eigenvalue weighted by molar-refractivity contribution is 7.22. The molecule has 0 unspecified atom stereocenters. The molecule has 0 saturated heterocycles.